The summed E-state index contributed by atoms with van der Waals surface area (Å²) in [6.07, 6.45) is 0. The Labute approximate surface area is 143 Å². The van der Waals surface area contributed by atoms with Gasteiger partial charge in [0.15, 0.2) is 0 Å². The van der Waals surface area contributed by atoms with E-state index in [1.54, 1.807) is 6.92 Å². The Morgan fingerprint density at radius 2 is 1.75 bits per heavy atom. The third-order valence-corrected chi connectivity index (χ3v) is 9.80. The molecular weight excluding hydrogens is 325 g/mol. The van der Waals surface area contributed by atoms with E-state index in [1.165, 1.54) is 0 Å². The standard InChI is InChI=1S/C18H26NO4P/c1-5-19(6-2)24(21-12-13-22-24)18(16-10-8-7-9-11-16)17(14(3)20)15(4)23-24/h7-11,18H,5-6,12-13H2,1-4H3/t18-/m0/s1. The van der Waals surface area contributed by atoms with Crippen LogP contribution in [-0.4, -0.2) is 36.8 Å². The number of rotatable bonds is 5. The molecule has 2 aliphatic heterocycles. The number of benzene rings is 1. The van der Waals surface area contributed by atoms with Crippen LogP contribution in [0.5, 0.6) is 0 Å². The molecule has 0 N–H and O–H groups in total. The normalized spacial score (nSPS) is 26.4. The van der Waals surface area contributed by atoms with Gasteiger partial charge in [0.05, 0.1) is 0 Å². The summed E-state index contributed by atoms with van der Waals surface area (Å²) >= 11 is 0. The van der Waals surface area contributed by atoms with Crippen LogP contribution in [0.3, 0.4) is 0 Å². The summed E-state index contributed by atoms with van der Waals surface area (Å²) < 4.78 is 21.4. The molecule has 0 amide bonds. The Bertz CT molecular complexity index is 663. The van der Waals surface area contributed by atoms with Gasteiger partial charge in [0, 0.05) is 0 Å². The third-order valence-electron chi connectivity index (χ3n) is 4.87. The minimum atomic E-state index is -3.67. The number of carbonyl (C=O) groups is 1. The maximum atomic E-state index is 12.5. The summed E-state index contributed by atoms with van der Waals surface area (Å²) in [7, 11) is -3.67. The molecule has 2 heterocycles. The molecule has 1 spiro atoms. The number of carbonyl (C=O) groups excluding carboxylic acids is 1. The van der Waals surface area contributed by atoms with Gasteiger partial charge in [-0.2, -0.15) is 0 Å². The van der Waals surface area contributed by atoms with E-state index in [2.05, 4.69) is 18.5 Å². The second-order valence-electron chi connectivity index (χ2n) is 6.14. The topological polar surface area (TPSA) is 48.0 Å². The van der Waals surface area contributed by atoms with Crippen molar-refractivity contribution < 1.29 is 18.4 Å². The zero-order valence-electron chi connectivity index (χ0n) is 14.8. The fourth-order valence-corrected chi connectivity index (χ4v) is 9.28. The fourth-order valence-electron chi connectivity index (χ4n) is 4.02. The monoisotopic (exact) mass is 351 g/mol. The maximum absolute atomic E-state index is 12.5. The number of ketones is 1. The molecule has 24 heavy (non-hydrogen) atoms. The van der Waals surface area contributed by atoms with E-state index < -0.39 is 7.43 Å². The Kier molecular flexibility index (Phi) is 4.56. The van der Waals surface area contributed by atoms with Crippen LogP contribution in [0.1, 0.15) is 38.9 Å². The molecule has 0 saturated carbocycles. The van der Waals surface area contributed by atoms with Crippen molar-refractivity contribution in [2.24, 2.45) is 0 Å². The molecule has 6 heteroatoms. The summed E-state index contributed by atoms with van der Waals surface area (Å²) in [6, 6.07) is 9.98. The number of hydrogen-bond donors (Lipinski definition) is 0. The first-order valence-electron chi connectivity index (χ1n) is 8.53. The van der Waals surface area contributed by atoms with Crippen molar-refractivity contribution in [1.82, 2.24) is 4.67 Å². The van der Waals surface area contributed by atoms with Crippen molar-refractivity contribution in [3.63, 3.8) is 0 Å². The van der Waals surface area contributed by atoms with E-state index in [9.17, 15) is 4.79 Å². The summed E-state index contributed by atoms with van der Waals surface area (Å²) in [6.45, 7) is 10.0. The van der Waals surface area contributed by atoms with E-state index >= 15 is 0 Å². The average Bonchev–Trinajstić information content (AvgIpc) is 3.10. The average molecular weight is 351 g/mol. The SMILES string of the molecule is CCN(CC)P12(OCCO1)OC(C)=C(C(C)=O)[C@@H]2c1ccccc1. The number of Topliss-reactive ketones (excluding diaryl/α,β-unsaturated/α-hetero) is 1. The van der Waals surface area contributed by atoms with E-state index in [4.69, 9.17) is 13.6 Å². The van der Waals surface area contributed by atoms with Gasteiger partial charge in [0.1, 0.15) is 0 Å². The number of hydrogen-bond acceptors (Lipinski definition) is 5. The zero-order chi connectivity index (χ0) is 17.4. The Morgan fingerprint density at radius 1 is 1.17 bits per heavy atom. The van der Waals surface area contributed by atoms with Crippen molar-refractivity contribution in [3.05, 3.63) is 47.2 Å². The van der Waals surface area contributed by atoms with E-state index in [0.29, 0.717) is 24.5 Å². The molecule has 1 atom stereocenters. The summed E-state index contributed by atoms with van der Waals surface area (Å²) in [5, 5.41) is 0. The fraction of sp³-hybridized carbons (Fsp3) is 0.500. The quantitative estimate of drug-likeness (QED) is 0.743. The first-order chi connectivity index (χ1) is 11.5. The molecule has 0 aliphatic carbocycles. The van der Waals surface area contributed by atoms with Gasteiger partial charge in [0.2, 0.25) is 0 Å². The van der Waals surface area contributed by atoms with E-state index in [-0.39, 0.29) is 11.4 Å². The van der Waals surface area contributed by atoms with Crippen LogP contribution in [0.4, 0.5) is 0 Å². The van der Waals surface area contributed by atoms with Gasteiger partial charge < -0.3 is 0 Å². The van der Waals surface area contributed by atoms with E-state index in [0.717, 1.165) is 18.7 Å². The number of allylic oxidation sites excluding steroid dienone is 2. The van der Waals surface area contributed by atoms with Crippen molar-refractivity contribution in [2.45, 2.75) is 33.4 Å². The Balaban J connectivity index is 2.28. The predicted octanol–water partition coefficient (Wildman–Crippen LogP) is 4.22. The van der Waals surface area contributed by atoms with Crippen molar-refractivity contribution >= 4 is 13.2 Å². The summed E-state index contributed by atoms with van der Waals surface area (Å²) in [4.78, 5) is 12.5. The van der Waals surface area contributed by atoms with Gasteiger partial charge in [0.25, 0.3) is 0 Å². The van der Waals surface area contributed by atoms with Gasteiger partial charge in [-0.15, -0.1) is 0 Å². The molecule has 1 saturated heterocycles. The first-order valence-corrected chi connectivity index (χ1v) is 10.5. The van der Waals surface area contributed by atoms with Crippen LogP contribution in [0.2, 0.25) is 0 Å². The molecule has 1 aromatic carbocycles. The first kappa shape index (κ1) is 17.6. The van der Waals surface area contributed by atoms with Crippen LogP contribution in [-0.2, 0) is 18.4 Å². The molecule has 1 aromatic rings. The third kappa shape index (κ3) is 2.26. The molecular formula is C18H26NO4P. The zero-order valence-corrected chi connectivity index (χ0v) is 15.7. The van der Waals surface area contributed by atoms with Crippen LogP contribution in [0, 0.1) is 0 Å². The van der Waals surface area contributed by atoms with Crippen LogP contribution >= 0.6 is 7.43 Å². The molecule has 3 rings (SSSR count). The molecule has 0 aromatic heterocycles. The number of nitrogens with zero attached hydrogens (tertiary/aromatic N) is 1. The van der Waals surface area contributed by atoms with Crippen LogP contribution in [0.15, 0.2) is 41.7 Å². The van der Waals surface area contributed by atoms with Crippen molar-refractivity contribution in [2.75, 3.05) is 26.3 Å². The van der Waals surface area contributed by atoms with E-state index in [1.807, 2.05) is 37.3 Å². The molecule has 0 bridgehead atoms. The molecule has 0 radical (unpaired) electrons. The summed E-state index contributed by atoms with van der Waals surface area (Å²) in [5.74, 6) is 0.636. The molecule has 0 unspecified atom stereocenters. The molecule has 1 fully saturated rings. The van der Waals surface area contributed by atoms with Gasteiger partial charge in [-0.3, -0.25) is 0 Å². The van der Waals surface area contributed by atoms with Crippen molar-refractivity contribution in [1.29, 1.82) is 0 Å². The Morgan fingerprint density at radius 3 is 2.25 bits per heavy atom. The van der Waals surface area contributed by atoms with Crippen LogP contribution < -0.4 is 0 Å². The van der Waals surface area contributed by atoms with Crippen LogP contribution in [0.25, 0.3) is 0 Å². The summed E-state index contributed by atoms with van der Waals surface area (Å²) in [5.41, 5.74) is 1.36. The molecule has 132 valence electrons. The minimum absolute atomic E-state index is 0.00843. The van der Waals surface area contributed by atoms with Gasteiger partial charge >= 0.3 is 143 Å². The van der Waals surface area contributed by atoms with Gasteiger partial charge in [-0.25, -0.2) is 0 Å². The second-order valence-corrected chi connectivity index (χ2v) is 9.72. The second kappa shape index (κ2) is 6.23. The molecule has 2 aliphatic rings. The van der Waals surface area contributed by atoms with Gasteiger partial charge in [-0.1, -0.05) is 0 Å². The Hall–Kier alpha value is -1.26. The molecule has 5 nitrogen and oxygen atoms in total. The predicted molar refractivity (Wildman–Crippen MR) is 95.4 cm³/mol. The van der Waals surface area contributed by atoms with Crippen molar-refractivity contribution in [3.8, 4) is 0 Å². The van der Waals surface area contributed by atoms with Gasteiger partial charge in [-0.05, 0) is 0 Å².